The number of phosphoric ester groups is 1. The van der Waals surface area contributed by atoms with E-state index in [1.807, 2.05) is 6.08 Å². The maximum absolute atomic E-state index is 12.8. The first-order chi connectivity index (χ1) is 26.9. The van der Waals surface area contributed by atoms with E-state index in [1.54, 1.807) is 6.08 Å². The molecule has 0 saturated heterocycles. The van der Waals surface area contributed by atoms with Gasteiger partial charge in [-0.2, -0.15) is 0 Å². The lowest BCUT2D eigenvalue weighted by Gasteiger charge is -2.23. The lowest BCUT2D eigenvalue weighted by atomic mass is 10.0. The van der Waals surface area contributed by atoms with Crippen molar-refractivity contribution in [2.75, 3.05) is 19.8 Å². The van der Waals surface area contributed by atoms with Gasteiger partial charge in [-0.1, -0.05) is 192 Å². The second kappa shape index (κ2) is 42.3. The van der Waals surface area contributed by atoms with E-state index in [0.29, 0.717) is 6.42 Å². The number of aliphatic hydroxyl groups excluding tert-OH is 1. The number of unbranched alkanes of at least 4 members (excludes halogenated alkanes) is 27. The Labute approximate surface area is 340 Å². The van der Waals surface area contributed by atoms with Gasteiger partial charge in [0.1, 0.15) is 0 Å². The molecule has 5 N–H and O–H groups in total. The van der Waals surface area contributed by atoms with Gasteiger partial charge in [-0.3, -0.25) is 13.8 Å². The third-order valence-corrected chi connectivity index (χ3v) is 11.2. The summed E-state index contributed by atoms with van der Waals surface area (Å²) >= 11 is 0. The normalized spacial score (nSPS) is 14.3. The minimum Gasteiger partial charge on any atom is -0.387 e. The second-order valence-electron chi connectivity index (χ2n) is 15.6. The molecule has 8 nitrogen and oxygen atoms in total. The van der Waals surface area contributed by atoms with Crippen molar-refractivity contribution in [3.8, 4) is 0 Å². The highest BCUT2D eigenvalue weighted by Crippen LogP contribution is 2.43. The van der Waals surface area contributed by atoms with Crippen LogP contribution < -0.4 is 11.1 Å². The molecule has 0 radical (unpaired) electrons. The smallest absolute Gasteiger partial charge is 0.387 e. The van der Waals surface area contributed by atoms with Crippen molar-refractivity contribution >= 4 is 13.7 Å². The maximum Gasteiger partial charge on any atom is 0.472 e. The predicted octanol–water partition coefficient (Wildman–Crippen LogP) is 13.1. The molecular weight excluding hydrogens is 707 g/mol. The maximum atomic E-state index is 12.8. The van der Waals surface area contributed by atoms with Crippen molar-refractivity contribution < 1.29 is 28.4 Å². The van der Waals surface area contributed by atoms with E-state index in [4.69, 9.17) is 14.8 Å². The van der Waals surface area contributed by atoms with Crippen LogP contribution >= 0.6 is 7.82 Å². The molecule has 0 aromatic rings. The van der Waals surface area contributed by atoms with Crippen LogP contribution in [-0.2, 0) is 18.4 Å². The monoisotopic (exact) mass is 797 g/mol. The summed E-state index contributed by atoms with van der Waals surface area (Å²) in [5.41, 5.74) is 5.38. The summed E-state index contributed by atoms with van der Waals surface area (Å²) < 4.78 is 22.1. The lowest BCUT2D eigenvalue weighted by Crippen LogP contribution is -2.45. The van der Waals surface area contributed by atoms with Crippen molar-refractivity contribution in [1.82, 2.24) is 5.32 Å². The molecule has 0 aromatic heterocycles. The SMILES string of the molecule is CCCCCCCCC/C=C\CCCCCCCC(=O)NC(COP(=O)(O)OCCN)C(O)/C=C/CC/C=C/CCCCCCCCCCCCCCCC. The van der Waals surface area contributed by atoms with E-state index in [0.717, 1.165) is 51.4 Å². The van der Waals surface area contributed by atoms with E-state index in [9.17, 15) is 19.4 Å². The van der Waals surface area contributed by atoms with Crippen LogP contribution in [0, 0.1) is 0 Å². The van der Waals surface area contributed by atoms with Crippen molar-refractivity contribution in [3.63, 3.8) is 0 Å². The van der Waals surface area contributed by atoms with Gasteiger partial charge < -0.3 is 21.1 Å². The van der Waals surface area contributed by atoms with Gasteiger partial charge in [0.25, 0.3) is 0 Å². The molecule has 0 saturated carbocycles. The number of nitrogens with two attached hydrogens (primary N) is 1. The fourth-order valence-corrected chi connectivity index (χ4v) is 7.43. The van der Waals surface area contributed by atoms with E-state index in [2.05, 4.69) is 43.5 Å². The van der Waals surface area contributed by atoms with Crippen LogP contribution in [-0.4, -0.2) is 47.8 Å². The summed E-state index contributed by atoms with van der Waals surface area (Å²) in [6.07, 6.45) is 50.6. The Morgan fingerprint density at radius 1 is 0.582 bits per heavy atom. The van der Waals surface area contributed by atoms with Gasteiger partial charge in [0.15, 0.2) is 0 Å². The Bertz CT molecular complexity index is 959. The molecule has 3 unspecified atom stereocenters. The van der Waals surface area contributed by atoms with Crippen LogP contribution in [0.25, 0.3) is 0 Å². The minimum absolute atomic E-state index is 0.0728. The molecule has 0 rings (SSSR count). The van der Waals surface area contributed by atoms with Crippen LogP contribution in [0.4, 0.5) is 0 Å². The van der Waals surface area contributed by atoms with Gasteiger partial charge in [0.2, 0.25) is 5.91 Å². The minimum atomic E-state index is -4.35. The number of amides is 1. The van der Waals surface area contributed by atoms with Gasteiger partial charge in [-0.15, -0.1) is 0 Å². The Kier molecular flexibility index (Phi) is 41.3. The number of allylic oxidation sites excluding steroid dienone is 5. The molecule has 1 amide bonds. The second-order valence-corrected chi connectivity index (χ2v) is 17.1. The molecule has 3 atom stereocenters. The van der Waals surface area contributed by atoms with Crippen molar-refractivity contribution in [2.45, 2.75) is 231 Å². The molecule has 0 aliphatic rings. The number of aliphatic hydroxyl groups is 1. The van der Waals surface area contributed by atoms with Crippen molar-refractivity contribution in [1.29, 1.82) is 0 Å². The van der Waals surface area contributed by atoms with E-state index < -0.39 is 20.0 Å². The van der Waals surface area contributed by atoms with Gasteiger partial charge >= 0.3 is 7.82 Å². The number of phosphoric acid groups is 1. The van der Waals surface area contributed by atoms with E-state index >= 15 is 0 Å². The highest BCUT2D eigenvalue weighted by molar-refractivity contribution is 7.47. The molecule has 0 bridgehead atoms. The summed E-state index contributed by atoms with van der Waals surface area (Å²) in [5, 5.41) is 13.7. The Morgan fingerprint density at radius 3 is 1.40 bits per heavy atom. The van der Waals surface area contributed by atoms with Crippen LogP contribution in [0.5, 0.6) is 0 Å². The summed E-state index contributed by atoms with van der Waals surface area (Å²) in [5.74, 6) is -0.212. The van der Waals surface area contributed by atoms with Crippen LogP contribution in [0.3, 0.4) is 0 Å². The molecule has 0 fully saturated rings. The van der Waals surface area contributed by atoms with Gasteiger partial charge in [0.05, 0.1) is 25.4 Å². The summed E-state index contributed by atoms with van der Waals surface area (Å²) in [4.78, 5) is 22.7. The number of nitrogens with one attached hydrogen (secondary N) is 1. The van der Waals surface area contributed by atoms with Gasteiger partial charge in [-0.05, 0) is 57.8 Å². The third kappa shape index (κ3) is 40.7. The number of hydrogen-bond acceptors (Lipinski definition) is 6. The predicted molar refractivity (Wildman–Crippen MR) is 235 cm³/mol. The average Bonchev–Trinajstić information content (AvgIpc) is 3.17. The van der Waals surface area contributed by atoms with Crippen LogP contribution in [0.1, 0.15) is 219 Å². The highest BCUT2D eigenvalue weighted by atomic mass is 31.2. The van der Waals surface area contributed by atoms with Gasteiger partial charge in [0, 0.05) is 13.0 Å². The first-order valence-electron chi connectivity index (χ1n) is 23.1. The van der Waals surface area contributed by atoms with E-state index in [1.165, 1.54) is 148 Å². The molecule has 0 heterocycles. The van der Waals surface area contributed by atoms with Gasteiger partial charge in [-0.25, -0.2) is 4.57 Å². The Hall–Kier alpha value is -1.28. The number of hydrogen-bond donors (Lipinski definition) is 4. The molecule has 55 heavy (non-hydrogen) atoms. The highest BCUT2D eigenvalue weighted by Gasteiger charge is 2.26. The average molecular weight is 797 g/mol. The zero-order chi connectivity index (χ0) is 40.3. The topological polar surface area (TPSA) is 131 Å². The zero-order valence-electron chi connectivity index (χ0n) is 35.9. The Morgan fingerprint density at radius 2 is 0.964 bits per heavy atom. The quantitative estimate of drug-likeness (QED) is 0.0274. The number of rotatable bonds is 43. The standard InChI is InChI=1S/C46H89N2O6P/c1-3-5-7-9-11-13-15-17-19-21-22-23-24-25-27-29-31-33-35-37-39-45(49)44(43-54-55(51,52)53-42-41-47)48-46(50)40-38-36-34-32-30-28-26-20-18-16-14-12-10-8-6-4-2/h20,26,29,31,37,39,44-45,49H,3-19,21-25,27-28,30,32-36,38,40-43,47H2,1-2H3,(H,48,50)(H,51,52)/b26-20-,31-29+,39-37+. The first kappa shape index (κ1) is 53.7. The lowest BCUT2D eigenvalue weighted by molar-refractivity contribution is -0.123. The third-order valence-electron chi connectivity index (χ3n) is 10.2. The Balaban J connectivity index is 4.23. The fourth-order valence-electron chi connectivity index (χ4n) is 6.67. The molecule has 9 heteroatoms. The largest absolute Gasteiger partial charge is 0.472 e. The van der Waals surface area contributed by atoms with Crippen LogP contribution in [0.2, 0.25) is 0 Å². The molecule has 0 aliphatic carbocycles. The van der Waals surface area contributed by atoms with Crippen molar-refractivity contribution in [3.05, 3.63) is 36.5 Å². The summed E-state index contributed by atoms with van der Waals surface area (Å²) in [7, 11) is -4.35. The zero-order valence-corrected chi connectivity index (χ0v) is 36.8. The summed E-state index contributed by atoms with van der Waals surface area (Å²) in [6.45, 7) is 4.12. The summed E-state index contributed by atoms with van der Waals surface area (Å²) in [6, 6.07) is -0.880. The molecule has 0 spiro atoms. The van der Waals surface area contributed by atoms with Crippen molar-refractivity contribution in [2.24, 2.45) is 5.73 Å². The molecule has 0 aromatic carbocycles. The molecule has 0 aliphatic heterocycles. The first-order valence-corrected chi connectivity index (χ1v) is 24.6. The number of carbonyl (C=O) groups excluding carboxylic acids is 1. The number of carbonyl (C=O) groups is 1. The van der Waals surface area contributed by atoms with Crippen LogP contribution in [0.15, 0.2) is 36.5 Å². The van der Waals surface area contributed by atoms with E-state index in [-0.39, 0.29) is 25.7 Å². The fraction of sp³-hybridized carbons (Fsp3) is 0.848. The molecular formula is C46H89N2O6P. The molecule has 324 valence electrons.